The van der Waals surface area contributed by atoms with Crippen LogP contribution in [0.3, 0.4) is 0 Å². The summed E-state index contributed by atoms with van der Waals surface area (Å²) in [5.41, 5.74) is 1.52. The van der Waals surface area contributed by atoms with Gasteiger partial charge in [-0.25, -0.2) is 13.9 Å². The lowest BCUT2D eigenvalue weighted by Crippen LogP contribution is -1.97. The normalized spacial score (nSPS) is 10.5. The maximum absolute atomic E-state index is 12.9. The Bertz CT molecular complexity index is 741. The molecule has 3 aromatic rings. The lowest BCUT2D eigenvalue weighted by atomic mass is 10.2. The van der Waals surface area contributed by atoms with Crippen LogP contribution in [0.15, 0.2) is 34.8 Å². The first kappa shape index (κ1) is 15.7. The standard InChI is InChI=1S/C12H8FN3O2S2.ClH/c13-8-3-1-7(2-4-8)9-5-16-11(14-9)20-12(15-16)19-6-10(17)18;/h1-5H,6H2,(H,17,18);1H. The number of thioether (sulfide) groups is 1. The molecule has 0 saturated heterocycles. The number of hydrogen-bond donors (Lipinski definition) is 1. The highest BCUT2D eigenvalue weighted by Gasteiger charge is 2.11. The SMILES string of the molecule is Cl.O=C(O)CSc1nn2cc(-c3ccc(F)cc3)nc2s1. The predicted octanol–water partition coefficient (Wildman–Crippen LogP) is 3.20. The highest BCUT2D eigenvalue weighted by molar-refractivity contribution is 8.01. The zero-order valence-electron chi connectivity index (χ0n) is 10.4. The highest BCUT2D eigenvalue weighted by Crippen LogP contribution is 2.27. The topological polar surface area (TPSA) is 67.5 Å². The zero-order valence-corrected chi connectivity index (χ0v) is 12.8. The number of hydrogen-bond acceptors (Lipinski definition) is 5. The maximum atomic E-state index is 12.9. The van der Waals surface area contributed by atoms with Crippen molar-refractivity contribution in [1.82, 2.24) is 14.6 Å². The minimum atomic E-state index is -0.880. The third-order valence-corrected chi connectivity index (χ3v) is 4.52. The molecule has 0 bridgehead atoms. The van der Waals surface area contributed by atoms with Crippen molar-refractivity contribution in [3.63, 3.8) is 0 Å². The van der Waals surface area contributed by atoms with Gasteiger partial charge in [0.2, 0.25) is 4.96 Å². The second-order valence-corrected chi connectivity index (χ2v) is 6.09. The number of nitrogens with zero attached hydrogens (tertiary/aromatic N) is 3. The van der Waals surface area contributed by atoms with E-state index in [0.717, 1.165) is 17.3 Å². The largest absolute Gasteiger partial charge is 0.481 e. The molecule has 5 nitrogen and oxygen atoms in total. The van der Waals surface area contributed by atoms with E-state index in [0.29, 0.717) is 15.0 Å². The molecule has 2 aromatic heterocycles. The van der Waals surface area contributed by atoms with Gasteiger partial charge in [-0.1, -0.05) is 23.1 Å². The van der Waals surface area contributed by atoms with Crippen molar-refractivity contribution >= 4 is 46.4 Å². The Morgan fingerprint density at radius 3 is 2.71 bits per heavy atom. The minimum Gasteiger partial charge on any atom is -0.481 e. The van der Waals surface area contributed by atoms with E-state index in [1.54, 1.807) is 22.8 Å². The van der Waals surface area contributed by atoms with Crippen LogP contribution >= 0.6 is 35.5 Å². The molecular formula is C12H9ClFN3O2S2. The molecule has 0 fully saturated rings. The van der Waals surface area contributed by atoms with E-state index >= 15 is 0 Å². The van der Waals surface area contributed by atoms with E-state index in [4.69, 9.17) is 5.11 Å². The number of benzene rings is 1. The number of halogens is 2. The minimum absolute atomic E-state index is 0. The van der Waals surface area contributed by atoms with Crippen molar-refractivity contribution in [3.05, 3.63) is 36.3 Å². The molecule has 3 rings (SSSR count). The number of carboxylic acids is 1. The Hall–Kier alpha value is -1.64. The van der Waals surface area contributed by atoms with Gasteiger partial charge in [-0.05, 0) is 24.3 Å². The number of fused-ring (bicyclic) bond motifs is 1. The smallest absolute Gasteiger partial charge is 0.313 e. The molecule has 0 spiro atoms. The fraction of sp³-hybridized carbons (Fsp3) is 0.0833. The average molecular weight is 346 g/mol. The second-order valence-electron chi connectivity index (χ2n) is 3.91. The summed E-state index contributed by atoms with van der Waals surface area (Å²) >= 11 is 2.48. The van der Waals surface area contributed by atoms with Crippen LogP contribution in [0.5, 0.6) is 0 Å². The molecule has 0 unspecified atom stereocenters. The third-order valence-electron chi connectivity index (χ3n) is 2.48. The number of rotatable bonds is 4. The van der Waals surface area contributed by atoms with Crippen molar-refractivity contribution in [1.29, 1.82) is 0 Å². The van der Waals surface area contributed by atoms with Crippen LogP contribution in [0.4, 0.5) is 4.39 Å². The summed E-state index contributed by atoms with van der Waals surface area (Å²) in [6.07, 6.45) is 1.74. The summed E-state index contributed by atoms with van der Waals surface area (Å²) in [6.45, 7) is 0. The molecule has 0 aliphatic rings. The Kier molecular flexibility index (Phi) is 4.81. The van der Waals surface area contributed by atoms with Gasteiger partial charge in [0.1, 0.15) is 5.82 Å². The Morgan fingerprint density at radius 1 is 1.38 bits per heavy atom. The summed E-state index contributed by atoms with van der Waals surface area (Å²) < 4.78 is 15.1. The summed E-state index contributed by atoms with van der Waals surface area (Å²) in [6, 6.07) is 6.07. The number of carboxylic acid groups (broad SMARTS) is 1. The molecule has 2 heterocycles. The first-order valence-electron chi connectivity index (χ1n) is 5.58. The molecule has 0 aliphatic heterocycles. The van der Waals surface area contributed by atoms with Gasteiger partial charge in [0.05, 0.1) is 17.6 Å². The molecule has 1 aromatic carbocycles. The van der Waals surface area contributed by atoms with Gasteiger partial charge < -0.3 is 5.11 Å². The molecule has 0 atom stereocenters. The van der Waals surface area contributed by atoms with Crippen molar-refractivity contribution < 1.29 is 14.3 Å². The van der Waals surface area contributed by atoms with Crippen LogP contribution < -0.4 is 0 Å². The number of carbonyl (C=O) groups is 1. The van der Waals surface area contributed by atoms with Crippen molar-refractivity contribution in [2.45, 2.75) is 4.34 Å². The highest BCUT2D eigenvalue weighted by atomic mass is 35.5. The van der Waals surface area contributed by atoms with Gasteiger partial charge in [-0.2, -0.15) is 0 Å². The Balaban J connectivity index is 0.00000161. The molecule has 9 heteroatoms. The van der Waals surface area contributed by atoms with Crippen LogP contribution in [-0.2, 0) is 4.79 Å². The van der Waals surface area contributed by atoms with Crippen molar-refractivity contribution in [3.8, 4) is 11.3 Å². The van der Waals surface area contributed by atoms with Gasteiger partial charge >= 0.3 is 5.97 Å². The van der Waals surface area contributed by atoms with Crippen molar-refractivity contribution in [2.75, 3.05) is 5.75 Å². The summed E-state index contributed by atoms with van der Waals surface area (Å²) in [5.74, 6) is -1.20. The van der Waals surface area contributed by atoms with Gasteiger partial charge in [0.15, 0.2) is 4.34 Å². The molecule has 21 heavy (non-hydrogen) atoms. The molecular weight excluding hydrogens is 337 g/mol. The summed E-state index contributed by atoms with van der Waals surface area (Å²) in [5, 5.41) is 12.9. The summed E-state index contributed by atoms with van der Waals surface area (Å²) in [7, 11) is 0. The number of imidazole rings is 1. The molecule has 110 valence electrons. The first-order chi connectivity index (χ1) is 9.61. The predicted molar refractivity (Wildman–Crippen MR) is 81.9 cm³/mol. The van der Waals surface area contributed by atoms with Gasteiger partial charge in [-0.15, -0.1) is 17.5 Å². The number of aliphatic carboxylic acids is 1. The lowest BCUT2D eigenvalue weighted by molar-refractivity contribution is -0.133. The van der Waals surface area contributed by atoms with Crippen molar-refractivity contribution in [2.24, 2.45) is 0 Å². The Labute approximate surface area is 133 Å². The molecule has 1 N–H and O–H groups in total. The quantitative estimate of drug-likeness (QED) is 0.735. The van der Waals surface area contributed by atoms with E-state index in [-0.39, 0.29) is 24.0 Å². The monoisotopic (exact) mass is 345 g/mol. The molecule has 0 saturated carbocycles. The average Bonchev–Trinajstić information content (AvgIpc) is 2.95. The maximum Gasteiger partial charge on any atom is 0.313 e. The second kappa shape index (κ2) is 6.42. The van der Waals surface area contributed by atoms with Gasteiger partial charge in [0, 0.05) is 5.56 Å². The van der Waals surface area contributed by atoms with E-state index in [2.05, 4.69) is 10.1 Å². The zero-order chi connectivity index (χ0) is 14.1. The van der Waals surface area contributed by atoms with Crippen LogP contribution in [0.1, 0.15) is 0 Å². The van der Waals surface area contributed by atoms with Crippen LogP contribution in [0, 0.1) is 5.82 Å². The molecule has 0 radical (unpaired) electrons. The van der Waals surface area contributed by atoms with E-state index in [1.807, 2.05) is 0 Å². The molecule has 0 amide bonds. The van der Waals surface area contributed by atoms with Gasteiger partial charge in [-0.3, -0.25) is 4.79 Å². The fourth-order valence-corrected chi connectivity index (χ4v) is 3.27. The lowest BCUT2D eigenvalue weighted by Gasteiger charge is -1.94. The first-order valence-corrected chi connectivity index (χ1v) is 7.39. The molecule has 0 aliphatic carbocycles. The van der Waals surface area contributed by atoms with Crippen LogP contribution in [-0.4, -0.2) is 31.4 Å². The fourth-order valence-electron chi connectivity index (χ4n) is 1.62. The van der Waals surface area contributed by atoms with Crippen LogP contribution in [0.25, 0.3) is 16.2 Å². The summed E-state index contributed by atoms with van der Waals surface area (Å²) in [4.78, 5) is 15.6. The van der Waals surface area contributed by atoms with Gasteiger partial charge in [0.25, 0.3) is 0 Å². The third kappa shape index (κ3) is 3.52. The van der Waals surface area contributed by atoms with Crippen LogP contribution in [0.2, 0.25) is 0 Å². The van der Waals surface area contributed by atoms with E-state index in [1.165, 1.54) is 23.5 Å². The Morgan fingerprint density at radius 2 is 2.10 bits per heavy atom. The van der Waals surface area contributed by atoms with E-state index < -0.39 is 5.97 Å². The number of aromatic nitrogens is 3. The van der Waals surface area contributed by atoms with E-state index in [9.17, 15) is 9.18 Å².